The van der Waals surface area contributed by atoms with E-state index in [1.165, 1.54) is 0 Å². The number of hydrogen-bond donors (Lipinski definition) is 3. The summed E-state index contributed by atoms with van der Waals surface area (Å²) in [4.78, 5) is 0. The van der Waals surface area contributed by atoms with E-state index in [0.717, 1.165) is 21.3 Å². The Kier molecular flexibility index (Phi) is 4.42. The Morgan fingerprint density at radius 2 is 2.00 bits per heavy atom. The average molecular weight is 322 g/mol. The highest BCUT2D eigenvalue weighted by molar-refractivity contribution is 9.10. The van der Waals surface area contributed by atoms with Gasteiger partial charge >= 0.3 is 0 Å². The highest BCUT2D eigenvalue weighted by Gasteiger charge is 2.16. The highest BCUT2D eigenvalue weighted by Crippen LogP contribution is 2.30. The normalized spacial score (nSPS) is 12.2. The number of nitrogens with two attached hydrogens (primary N) is 2. The summed E-state index contributed by atoms with van der Waals surface area (Å²) in [6, 6.07) is 13.3. The number of methoxy groups -OCH3 is 1. The lowest BCUT2D eigenvalue weighted by Gasteiger charge is -2.19. The van der Waals surface area contributed by atoms with Gasteiger partial charge in [-0.2, -0.15) is 0 Å². The first-order valence-electron chi connectivity index (χ1n) is 5.80. The van der Waals surface area contributed by atoms with Crippen molar-refractivity contribution in [3.63, 3.8) is 0 Å². The number of benzene rings is 2. The van der Waals surface area contributed by atoms with Gasteiger partial charge in [0, 0.05) is 10.2 Å². The Bertz CT molecular complexity index is 574. The summed E-state index contributed by atoms with van der Waals surface area (Å²) < 4.78 is 6.19. The van der Waals surface area contributed by atoms with Crippen molar-refractivity contribution in [1.29, 1.82) is 0 Å². The molecule has 0 aliphatic heterocycles. The van der Waals surface area contributed by atoms with Crippen molar-refractivity contribution < 1.29 is 4.74 Å². The zero-order valence-corrected chi connectivity index (χ0v) is 12.1. The molecule has 0 aromatic heterocycles. The second-order valence-corrected chi connectivity index (χ2v) is 5.07. The molecule has 0 aliphatic carbocycles. The Balaban J connectivity index is 2.46. The van der Waals surface area contributed by atoms with Crippen LogP contribution >= 0.6 is 15.9 Å². The van der Waals surface area contributed by atoms with Crippen molar-refractivity contribution in [3.8, 4) is 5.75 Å². The van der Waals surface area contributed by atoms with Crippen molar-refractivity contribution in [3.05, 3.63) is 58.1 Å². The number of hydrogen-bond acceptors (Lipinski definition) is 4. The standard InChI is InChI=1S/C14H16BrN3O/c1-19-11-4-2-3-9(7-11)14(18-17)12-8-10(15)5-6-13(12)16/h2-8,14,18H,16-17H2,1H3. The maximum Gasteiger partial charge on any atom is 0.119 e. The van der Waals surface area contributed by atoms with Crippen LogP contribution in [-0.2, 0) is 0 Å². The summed E-state index contributed by atoms with van der Waals surface area (Å²) in [5.74, 6) is 6.47. The third-order valence-corrected chi connectivity index (χ3v) is 3.45. The molecule has 0 saturated heterocycles. The van der Waals surface area contributed by atoms with Crippen LogP contribution in [0, 0.1) is 0 Å². The Hall–Kier alpha value is -1.56. The van der Waals surface area contributed by atoms with Gasteiger partial charge in [0.2, 0.25) is 0 Å². The molecule has 0 bridgehead atoms. The van der Waals surface area contributed by atoms with E-state index in [4.69, 9.17) is 16.3 Å². The molecular formula is C14H16BrN3O. The van der Waals surface area contributed by atoms with Gasteiger partial charge in [0.05, 0.1) is 13.2 Å². The lowest BCUT2D eigenvalue weighted by molar-refractivity contribution is 0.413. The van der Waals surface area contributed by atoms with E-state index in [1.807, 2.05) is 42.5 Å². The molecule has 0 aliphatic rings. The molecule has 5 heteroatoms. The molecule has 2 aromatic rings. The van der Waals surface area contributed by atoms with Crippen molar-refractivity contribution in [2.45, 2.75) is 6.04 Å². The van der Waals surface area contributed by atoms with Crippen molar-refractivity contribution >= 4 is 21.6 Å². The lowest BCUT2D eigenvalue weighted by atomic mass is 9.98. The number of anilines is 1. The third kappa shape index (κ3) is 3.07. The number of ether oxygens (including phenoxy) is 1. The van der Waals surface area contributed by atoms with Crippen LogP contribution in [0.3, 0.4) is 0 Å². The summed E-state index contributed by atoms with van der Waals surface area (Å²) in [5.41, 5.74) is 11.4. The minimum Gasteiger partial charge on any atom is -0.497 e. The van der Waals surface area contributed by atoms with Crippen molar-refractivity contribution in [2.75, 3.05) is 12.8 Å². The highest BCUT2D eigenvalue weighted by atomic mass is 79.9. The van der Waals surface area contributed by atoms with Gasteiger partial charge in [0.15, 0.2) is 0 Å². The van der Waals surface area contributed by atoms with Crippen molar-refractivity contribution in [2.24, 2.45) is 5.84 Å². The zero-order valence-electron chi connectivity index (χ0n) is 10.6. The zero-order chi connectivity index (χ0) is 13.8. The third-order valence-electron chi connectivity index (χ3n) is 2.95. The van der Waals surface area contributed by atoms with Crippen LogP contribution < -0.4 is 21.7 Å². The summed E-state index contributed by atoms with van der Waals surface area (Å²) >= 11 is 3.45. The van der Waals surface area contributed by atoms with Gasteiger partial charge < -0.3 is 10.5 Å². The van der Waals surface area contributed by atoms with Gasteiger partial charge in [-0.3, -0.25) is 5.84 Å². The molecule has 0 radical (unpaired) electrons. The van der Waals surface area contributed by atoms with Crippen LogP contribution in [0.15, 0.2) is 46.9 Å². The molecule has 1 atom stereocenters. The quantitative estimate of drug-likeness (QED) is 0.460. The minimum absolute atomic E-state index is 0.187. The van der Waals surface area contributed by atoms with Crippen LogP contribution in [0.5, 0.6) is 5.75 Å². The predicted octanol–water partition coefficient (Wildman–Crippen LogP) is 2.59. The van der Waals surface area contributed by atoms with Gasteiger partial charge in [-0.25, -0.2) is 5.43 Å². The van der Waals surface area contributed by atoms with E-state index in [2.05, 4.69) is 21.4 Å². The van der Waals surface area contributed by atoms with E-state index in [-0.39, 0.29) is 6.04 Å². The lowest BCUT2D eigenvalue weighted by Crippen LogP contribution is -2.29. The molecule has 0 spiro atoms. The van der Waals surface area contributed by atoms with Crippen LogP contribution in [0.25, 0.3) is 0 Å². The Morgan fingerprint density at radius 1 is 1.21 bits per heavy atom. The van der Waals surface area contributed by atoms with E-state index >= 15 is 0 Å². The fourth-order valence-corrected chi connectivity index (χ4v) is 2.36. The number of nitrogen functional groups attached to an aromatic ring is 1. The molecule has 1 unspecified atom stereocenters. The average Bonchev–Trinajstić information content (AvgIpc) is 2.44. The number of nitrogens with one attached hydrogen (secondary N) is 1. The number of rotatable bonds is 4. The van der Waals surface area contributed by atoms with Gasteiger partial charge in [0.25, 0.3) is 0 Å². The monoisotopic (exact) mass is 321 g/mol. The molecule has 0 saturated carbocycles. The molecule has 19 heavy (non-hydrogen) atoms. The number of halogens is 1. The molecule has 100 valence electrons. The first-order valence-corrected chi connectivity index (χ1v) is 6.60. The van der Waals surface area contributed by atoms with E-state index < -0.39 is 0 Å². The molecule has 0 fully saturated rings. The van der Waals surface area contributed by atoms with E-state index in [1.54, 1.807) is 7.11 Å². The minimum atomic E-state index is -0.187. The summed E-state index contributed by atoms with van der Waals surface area (Å²) in [6.07, 6.45) is 0. The van der Waals surface area contributed by atoms with E-state index in [0.29, 0.717) is 5.69 Å². The first-order chi connectivity index (χ1) is 9.15. The SMILES string of the molecule is COc1cccc(C(NN)c2cc(Br)ccc2N)c1. The summed E-state index contributed by atoms with van der Waals surface area (Å²) in [7, 11) is 1.64. The first kappa shape index (κ1) is 13.9. The van der Waals surface area contributed by atoms with Crippen LogP contribution in [0.2, 0.25) is 0 Å². The maximum absolute atomic E-state index is 6.03. The van der Waals surface area contributed by atoms with Gasteiger partial charge in [-0.1, -0.05) is 28.1 Å². The van der Waals surface area contributed by atoms with Crippen LogP contribution in [0.1, 0.15) is 17.2 Å². The topological polar surface area (TPSA) is 73.3 Å². The molecular weight excluding hydrogens is 306 g/mol. The molecule has 0 heterocycles. The molecule has 2 aromatic carbocycles. The van der Waals surface area contributed by atoms with Crippen LogP contribution in [0.4, 0.5) is 5.69 Å². The summed E-state index contributed by atoms with van der Waals surface area (Å²) in [5, 5.41) is 0. The molecule has 4 nitrogen and oxygen atoms in total. The fraction of sp³-hybridized carbons (Fsp3) is 0.143. The van der Waals surface area contributed by atoms with Gasteiger partial charge in [0.1, 0.15) is 5.75 Å². The Labute approximate surface area is 120 Å². The summed E-state index contributed by atoms with van der Waals surface area (Å²) in [6.45, 7) is 0. The largest absolute Gasteiger partial charge is 0.497 e. The van der Waals surface area contributed by atoms with Gasteiger partial charge in [-0.15, -0.1) is 0 Å². The Morgan fingerprint density at radius 3 is 2.68 bits per heavy atom. The maximum atomic E-state index is 6.03. The molecule has 0 amide bonds. The molecule has 5 N–H and O–H groups in total. The second kappa shape index (κ2) is 6.06. The smallest absolute Gasteiger partial charge is 0.119 e. The fourth-order valence-electron chi connectivity index (χ4n) is 1.98. The predicted molar refractivity (Wildman–Crippen MR) is 80.7 cm³/mol. The van der Waals surface area contributed by atoms with Crippen LogP contribution in [-0.4, -0.2) is 7.11 Å². The van der Waals surface area contributed by atoms with Gasteiger partial charge in [-0.05, 0) is 41.5 Å². The second-order valence-electron chi connectivity index (χ2n) is 4.15. The van der Waals surface area contributed by atoms with E-state index in [9.17, 15) is 0 Å². The number of hydrazine groups is 1. The van der Waals surface area contributed by atoms with Crippen molar-refractivity contribution in [1.82, 2.24) is 5.43 Å². The molecule has 2 rings (SSSR count).